The van der Waals surface area contributed by atoms with Crippen LogP contribution in [0.3, 0.4) is 0 Å². The Balaban J connectivity index is 2.28. The highest BCUT2D eigenvalue weighted by molar-refractivity contribution is 7.80. The van der Waals surface area contributed by atoms with Gasteiger partial charge in [-0.05, 0) is 33.2 Å². The molecule has 1 saturated heterocycles. The smallest absolute Gasteiger partial charge is 0.0927 e. The van der Waals surface area contributed by atoms with Crippen LogP contribution in [0.4, 0.5) is 0 Å². The third kappa shape index (κ3) is 2.75. The fourth-order valence-electron chi connectivity index (χ4n) is 1.29. The van der Waals surface area contributed by atoms with Gasteiger partial charge in [-0.3, -0.25) is 0 Å². The molecule has 0 amide bonds. The summed E-state index contributed by atoms with van der Waals surface area (Å²) in [7, 11) is 0. The molecule has 1 heterocycles. The molecule has 1 atom stereocenters. The van der Waals surface area contributed by atoms with Crippen LogP contribution in [-0.4, -0.2) is 23.6 Å². The minimum Gasteiger partial charge on any atom is -0.376 e. The Kier molecular flexibility index (Phi) is 3.27. The van der Waals surface area contributed by atoms with Crippen molar-refractivity contribution in [2.24, 2.45) is 0 Å². The fourth-order valence-corrected chi connectivity index (χ4v) is 1.73. The second kappa shape index (κ2) is 4.02. The highest BCUT2D eigenvalue weighted by atomic mass is 32.1. The zero-order valence-corrected chi connectivity index (χ0v) is 8.00. The molecule has 0 aliphatic carbocycles. The van der Waals surface area contributed by atoms with Gasteiger partial charge in [-0.1, -0.05) is 12.2 Å². The van der Waals surface area contributed by atoms with Gasteiger partial charge in [-0.25, -0.2) is 0 Å². The maximum absolute atomic E-state index is 5.22. The van der Waals surface area contributed by atoms with Gasteiger partial charge in [0.1, 0.15) is 0 Å². The zero-order valence-electron chi connectivity index (χ0n) is 7.18. The van der Waals surface area contributed by atoms with Gasteiger partial charge >= 0.3 is 0 Å². The van der Waals surface area contributed by atoms with E-state index in [1.165, 1.54) is 12.8 Å². The van der Waals surface area contributed by atoms with Gasteiger partial charge in [0.15, 0.2) is 0 Å². The van der Waals surface area contributed by atoms with Crippen LogP contribution in [0.25, 0.3) is 0 Å². The van der Waals surface area contributed by atoms with Gasteiger partial charge < -0.3 is 10.6 Å². The predicted octanol–water partition coefficient (Wildman–Crippen LogP) is 1.06. The standard InChI is InChI=1S/C8H16N2S/c1-6(2)10-8(11)7-4-3-5-9-7/h6-7,9H,3-5H2,1-2H3,(H,10,11)/t7-/m1/s1. The van der Waals surface area contributed by atoms with Gasteiger partial charge in [0.05, 0.1) is 11.0 Å². The Morgan fingerprint density at radius 1 is 1.64 bits per heavy atom. The van der Waals surface area contributed by atoms with Crippen LogP contribution in [0.2, 0.25) is 0 Å². The summed E-state index contributed by atoms with van der Waals surface area (Å²) >= 11 is 5.22. The average Bonchev–Trinajstić information content (AvgIpc) is 2.35. The highest BCUT2D eigenvalue weighted by Crippen LogP contribution is 2.05. The van der Waals surface area contributed by atoms with Crippen LogP contribution in [0.1, 0.15) is 26.7 Å². The van der Waals surface area contributed by atoms with E-state index < -0.39 is 0 Å². The summed E-state index contributed by atoms with van der Waals surface area (Å²) in [6, 6.07) is 0.900. The summed E-state index contributed by atoms with van der Waals surface area (Å²) < 4.78 is 0. The van der Waals surface area contributed by atoms with Crippen LogP contribution in [0.5, 0.6) is 0 Å². The van der Waals surface area contributed by atoms with Gasteiger partial charge in [0, 0.05) is 6.04 Å². The maximum Gasteiger partial charge on any atom is 0.0927 e. The van der Waals surface area contributed by atoms with Crippen molar-refractivity contribution >= 4 is 17.2 Å². The lowest BCUT2D eigenvalue weighted by Gasteiger charge is -2.16. The monoisotopic (exact) mass is 172 g/mol. The largest absolute Gasteiger partial charge is 0.376 e. The molecule has 1 aliphatic rings. The van der Waals surface area contributed by atoms with Crippen molar-refractivity contribution in [3.8, 4) is 0 Å². The number of nitrogens with one attached hydrogen (secondary N) is 2. The second-order valence-electron chi connectivity index (χ2n) is 3.31. The Hall–Kier alpha value is -0.150. The molecule has 1 rings (SSSR count). The molecule has 0 spiro atoms. The average molecular weight is 172 g/mol. The van der Waals surface area contributed by atoms with Crippen molar-refractivity contribution in [2.45, 2.75) is 38.8 Å². The first kappa shape index (κ1) is 8.94. The van der Waals surface area contributed by atoms with Crippen molar-refractivity contribution in [3.63, 3.8) is 0 Å². The lowest BCUT2D eigenvalue weighted by Crippen LogP contribution is -2.41. The summed E-state index contributed by atoms with van der Waals surface area (Å²) in [4.78, 5) is 0.984. The molecule has 0 aromatic heterocycles. The molecule has 0 unspecified atom stereocenters. The minimum atomic E-state index is 0.437. The van der Waals surface area contributed by atoms with Gasteiger partial charge in [0.25, 0.3) is 0 Å². The van der Waals surface area contributed by atoms with Crippen LogP contribution >= 0.6 is 12.2 Å². The summed E-state index contributed by atoms with van der Waals surface area (Å²) in [6.07, 6.45) is 2.45. The number of hydrogen-bond donors (Lipinski definition) is 2. The van der Waals surface area contributed by atoms with Gasteiger partial charge in [0.2, 0.25) is 0 Å². The molecule has 1 fully saturated rings. The molecule has 0 saturated carbocycles. The molecule has 1 aliphatic heterocycles. The fraction of sp³-hybridized carbons (Fsp3) is 0.875. The Bertz CT molecular complexity index is 139. The van der Waals surface area contributed by atoms with Crippen molar-refractivity contribution in [2.75, 3.05) is 6.54 Å². The van der Waals surface area contributed by atoms with Crippen LogP contribution < -0.4 is 10.6 Å². The first-order chi connectivity index (χ1) is 5.20. The molecule has 0 radical (unpaired) electrons. The summed E-state index contributed by atoms with van der Waals surface area (Å²) in [6.45, 7) is 5.34. The van der Waals surface area contributed by atoms with Crippen molar-refractivity contribution in [1.82, 2.24) is 10.6 Å². The third-order valence-electron chi connectivity index (χ3n) is 1.81. The summed E-state index contributed by atoms with van der Waals surface area (Å²) in [5.41, 5.74) is 0. The maximum atomic E-state index is 5.22. The highest BCUT2D eigenvalue weighted by Gasteiger charge is 2.18. The molecule has 0 aromatic carbocycles. The number of rotatable bonds is 2. The van der Waals surface area contributed by atoms with E-state index in [-0.39, 0.29) is 0 Å². The lowest BCUT2D eigenvalue weighted by molar-refractivity contribution is 0.682. The van der Waals surface area contributed by atoms with E-state index >= 15 is 0 Å². The number of hydrogen-bond acceptors (Lipinski definition) is 2. The predicted molar refractivity (Wildman–Crippen MR) is 51.9 cm³/mol. The van der Waals surface area contributed by atoms with E-state index in [4.69, 9.17) is 12.2 Å². The normalized spacial score (nSPS) is 24.1. The zero-order chi connectivity index (χ0) is 8.27. The van der Waals surface area contributed by atoms with Gasteiger partial charge in [-0.15, -0.1) is 0 Å². The van der Waals surface area contributed by atoms with E-state index in [2.05, 4.69) is 24.5 Å². The van der Waals surface area contributed by atoms with E-state index in [0.717, 1.165) is 11.5 Å². The number of thiocarbonyl (C=S) groups is 1. The van der Waals surface area contributed by atoms with Crippen LogP contribution in [0.15, 0.2) is 0 Å². The molecule has 0 bridgehead atoms. The molecular formula is C8H16N2S. The van der Waals surface area contributed by atoms with E-state index in [9.17, 15) is 0 Å². The Labute approximate surface area is 73.7 Å². The minimum absolute atomic E-state index is 0.437. The topological polar surface area (TPSA) is 24.1 Å². The van der Waals surface area contributed by atoms with E-state index in [1.807, 2.05) is 0 Å². The molecule has 3 heteroatoms. The summed E-state index contributed by atoms with van der Waals surface area (Å²) in [5.74, 6) is 0. The SMILES string of the molecule is CC(C)NC(=S)[C@H]1CCCN1. The van der Waals surface area contributed by atoms with E-state index in [0.29, 0.717) is 12.1 Å². The van der Waals surface area contributed by atoms with Crippen molar-refractivity contribution in [1.29, 1.82) is 0 Å². The molecule has 2 N–H and O–H groups in total. The molecule has 0 aromatic rings. The lowest BCUT2D eigenvalue weighted by atomic mass is 10.2. The quantitative estimate of drug-likeness (QED) is 0.609. The third-order valence-corrected chi connectivity index (χ3v) is 2.21. The van der Waals surface area contributed by atoms with Crippen LogP contribution in [0, 0.1) is 0 Å². The summed E-state index contributed by atoms with van der Waals surface area (Å²) in [5, 5.41) is 6.61. The van der Waals surface area contributed by atoms with Crippen molar-refractivity contribution < 1.29 is 0 Å². The Morgan fingerprint density at radius 2 is 2.36 bits per heavy atom. The molecule has 64 valence electrons. The van der Waals surface area contributed by atoms with E-state index in [1.54, 1.807) is 0 Å². The first-order valence-corrected chi connectivity index (χ1v) is 4.64. The molecule has 11 heavy (non-hydrogen) atoms. The first-order valence-electron chi connectivity index (χ1n) is 4.24. The van der Waals surface area contributed by atoms with Crippen LogP contribution in [-0.2, 0) is 0 Å². The Morgan fingerprint density at radius 3 is 2.82 bits per heavy atom. The second-order valence-corrected chi connectivity index (χ2v) is 3.75. The van der Waals surface area contributed by atoms with Gasteiger partial charge in [-0.2, -0.15) is 0 Å². The molecular weight excluding hydrogens is 156 g/mol. The molecule has 2 nitrogen and oxygen atoms in total. The van der Waals surface area contributed by atoms with Crippen molar-refractivity contribution in [3.05, 3.63) is 0 Å².